The lowest BCUT2D eigenvalue weighted by Gasteiger charge is -2.10. The number of hydrogen-bond donors (Lipinski definition) is 2. The molecular formula is C21H22N4O4. The van der Waals surface area contributed by atoms with Crippen molar-refractivity contribution < 1.29 is 18.9 Å². The van der Waals surface area contributed by atoms with E-state index in [1.165, 1.54) is 0 Å². The largest absolute Gasteiger partial charge is 0.497 e. The lowest BCUT2D eigenvalue weighted by molar-refractivity contribution is 0.174. The Balaban J connectivity index is 1.24. The molecule has 0 radical (unpaired) electrons. The van der Waals surface area contributed by atoms with Crippen LogP contribution in [0.1, 0.15) is 5.56 Å². The Bertz CT molecular complexity index is 950. The van der Waals surface area contributed by atoms with E-state index < -0.39 is 0 Å². The third-order valence-electron chi connectivity index (χ3n) is 4.28. The molecule has 1 aliphatic heterocycles. The standard InChI is InChI=1S/C21H22N4O4/c1-26-16-3-5-17(6-4-16)27-11-10-23-21-22-9-8-20(25-21)24-13-15-2-7-18-19(12-15)29-14-28-18/h2-9,12H,10-11,13-14H2,1H3,(H2,22,23,24,25). The molecule has 8 heteroatoms. The zero-order valence-electron chi connectivity index (χ0n) is 16.1. The molecule has 0 unspecified atom stereocenters. The van der Waals surface area contributed by atoms with Gasteiger partial charge in [0.15, 0.2) is 11.5 Å². The van der Waals surface area contributed by atoms with Crippen molar-refractivity contribution in [2.45, 2.75) is 6.54 Å². The first-order valence-electron chi connectivity index (χ1n) is 9.26. The first-order valence-corrected chi connectivity index (χ1v) is 9.26. The maximum absolute atomic E-state index is 5.69. The number of ether oxygens (including phenoxy) is 4. The quantitative estimate of drug-likeness (QED) is 0.535. The van der Waals surface area contributed by atoms with E-state index in [1.54, 1.807) is 13.3 Å². The molecule has 0 saturated carbocycles. The summed E-state index contributed by atoms with van der Waals surface area (Å²) in [5.41, 5.74) is 1.08. The Morgan fingerprint density at radius 3 is 2.66 bits per heavy atom. The minimum atomic E-state index is 0.273. The highest BCUT2D eigenvalue weighted by Crippen LogP contribution is 2.32. The molecule has 2 N–H and O–H groups in total. The SMILES string of the molecule is COc1ccc(OCCNc2nccc(NCc3ccc4c(c3)OCO4)n2)cc1. The van der Waals surface area contributed by atoms with Crippen LogP contribution < -0.4 is 29.6 Å². The van der Waals surface area contributed by atoms with Gasteiger partial charge in [0.2, 0.25) is 12.7 Å². The fraction of sp³-hybridized carbons (Fsp3) is 0.238. The summed E-state index contributed by atoms with van der Waals surface area (Å²) >= 11 is 0. The molecule has 3 aromatic rings. The van der Waals surface area contributed by atoms with Crippen molar-refractivity contribution in [1.82, 2.24) is 9.97 Å². The van der Waals surface area contributed by atoms with Gasteiger partial charge in [-0.1, -0.05) is 6.07 Å². The third-order valence-corrected chi connectivity index (χ3v) is 4.28. The minimum absolute atomic E-state index is 0.273. The molecule has 2 heterocycles. The van der Waals surface area contributed by atoms with Crippen LogP contribution in [0.3, 0.4) is 0 Å². The van der Waals surface area contributed by atoms with Gasteiger partial charge in [-0.05, 0) is 48.0 Å². The first-order chi connectivity index (χ1) is 14.3. The number of aromatic nitrogens is 2. The number of anilines is 2. The van der Waals surface area contributed by atoms with E-state index in [4.69, 9.17) is 18.9 Å². The number of methoxy groups -OCH3 is 1. The highest BCUT2D eigenvalue weighted by atomic mass is 16.7. The number of nitrogens with one attached hydrogen (secondary N) is 2. The van der Waals surface area contributed by atoms with E-state index in [0.717, 1.165) is 34.4 Å². The molecule has 0 spiro atoms. The van der Waals surface area contributed by atoms with E-state index in [2.05, 4.69) is 20.6 Å². The number of benzene rings is 2. The van der Waals surface area contributed by atoms with Crippen molar-refractivity contribution in [1.29, 1.82) is 0 Å². The van der Waals surface area contributed by atoms with Crippen LogP contribution in [-0.4, -0.2) is 37.0 Å². The summed E-state index contributed by atoms with van der Waals surface area (Å²) in [6.45, 7) is 1.96. The van der Waals surface area contributed by atoms with Gasteiger partial charge in [0, 0.05) is 12.7 Å². The van der Waals surface area contributed by atoms with Gasteiger partial charge in [0.25, 0.3) is 0 Å². The summed E-state index contributed by atoms with van der Waals surface area (Å²) in [6, 6.07) is 15.2. The Hall–Kier alpha value is -3.68. The molecule has 0 atom stereocenters. The predicted octanol–water partition coefficient (Wildman–Crippen LogP) is 3.32. The van der Waals surface area contributed by atoms with Crippen LogP contribution in [0, 0.1) is 0 Å². The van der Waals surface area contributed by atoms with E-state index >= 15 is 0 Å². The topological polar surface area (TPSA) is 86.8 Å². The molecule has 2 aromatic carbocycles. The van der Waals surface area contributed by atoms with Crippen molar-refractivity contribution in [2.24, 2.45) is 0 Å². The second-order valence-electron chi connectivity index (χ2n) is 6.26. The van der Waals surface area contributed by atoms with Crippen molar-refractivity contribution in [3.8, 4) is 23.0 Å². The highest BCUT2D eigenvalue weighted by molar-refractivity contribution is 5.46. The fourth-order valence-corrected chi connectivity index (χ4v) is 2.79. The summed E-state index contributed by atoms with van der Waals surface area (Å²) in [7, 11) is 1.64. The zero-order chi connectivity index (χ0) is 19.9. The van der Waals surface area contributed by atoms with E-state index in [-0.39, 0.29) is 6.79 Å². The molecule has 4 rings (SSSR count). The van der Waals surface area contributed by atoms with Crippen LogP contribution in [0.15, 0.2) is 54.7 Å². The van der Waals surface area contributed by atoms with Crippen LogP contribution in [0.25, 0.3) is 0 Å². The average Bonchev–Trinajstić information content (AvgIpc) is 3.24. The molecule has 0 fully saturated rings. The van der Waals surface area contributed by atoms with E-state index in [0.29, 0.717) is 25.6 Å². The molecule has 0 amide bonds. The molecule has 0 saturated heterocycles. The Morgan fingerprint density at radius 2 is 1.79 bits per heavy atom. The third kappa shape index (κ3) is 4.98. The van der Waals surface area contributed by atoms with Crippen LogP contribution in [0.4, 0.5) is 11.8 Å². The molecule has 0 bridgehead atoms. The van der Waals surface area contributed by atoms with Crippen LogP contribution in [0.5, 0.6) is 23.0 Å². The van der Waals surface area contributed by atoms with Gasteiger partial charge in [-0.15, -0.1) is 0 Å². The van der Waals surface area contributed by atoms with Gasteiger partial charge in [0.05, 0.1) is 13.7 Å². The molecular weight excluding hydrogens is 372 g/mol. The summed E-state index contributed by atoms with van der Waals surface area (Å²) < 4.78 is 21.6. The van der Waals surface area contributed by atoms with Gasteiger partial charge in [-0.3, -0.25) is 0 Å². The summed E-state index contributed by atoms with van der Waals surface area (Å²) in [6.07, 6.45) is 1.71. The van der Waals surface area contributed by atoms with Gasteiger partial charge in [-0.25, -0.2) is 4.98 Å². The Kier molecular flexibility index (Phi) is 5.80. The van der Waals surface area contributed by atoms with Crippen LogP contribution in [0.2, 0.25) is 0 Å². The lowest BCUT2D eigenvalue weighted by atomic mass is 10.2. The Morgan fingerprint density at radius 1 is 0.966 bits per heavy atom. The summed E-state index contributed by atoms with van der Waals surface area (Å²) in [5.74, 6) is 4.40. The van der Waals surface area contributed by atoms with Gasteiger partial charge >= 0.3 is 0 Å². The molecule has 0 aliphatic carbocycles. The predicted molar refractivity (Wildman–Crippen MR) is 109 cm³/mol. The van der Waals surface area contributed by atoms with Crippen LogP contribution in [-0.2, 0) is 6.54 Å². The highest BCUT2D eigenvalue weighted by Gasteiger charge is 2.13. The summed E-state index contributed by atoms with van der Waals surface area (Å²) in [5, 5.41) is 6.45. The van der Waals surface area contributed by atoms with Crippen molar-refractivity contribution in [3.63, 3.8) is 0 Å². The maximum Gasteiger partial charge on any atom is 0.231 e. The smallest absolute Gasteiger partial charge is 0.231 e. The molecule has 29 heavy (non-hydrogen) atoms. The molecule has 1 aliphatic rings. The lowest BCUT2D eigenvalue weighted by Crippen LogP contribution is -2.14. The first kappa shape index (κ1) is 18.7. The number of hydrogen-bond acceptors (Lipinski definition) is 8. The monoisotopic (exact) mass is 394 g/mol. The molecule has 1 aromatic heterocycles. The van der Waals surface area contributed by atoms with E-state index in [1.807, 2.05) is 48.5 Å². The van der Waals surface area contributed by atoms with Gasteiger partial charge < -0.3 is 29.6 Å². The molecule has 8 nitrogen and oxygen atoms in total. The van der Waals surface area contributed by atoms with Gasteiger partial charge in [-0.2, -0.15) is 4.98 Å². The summed E-state index contributed by atoms with van der Waals surface area (Å²) in [4.78, 5) is 8.70. The normalized spacial score (nSPS) is 11.8. The van der Waals surface area contributed by atoms with Gasteiger partial charge in [0.1, 0.15) is 23.9 Å². The average molecular weight is 394 g/mol. The zero-order valence-corrected chi connectivity index (χ0v) is 16.1. The second-order valence-corrected chi connectivity index (χ2v) is 6.26. The maximum atomic E-state index is 5.69. The number of fused-ring (bicyclic) bond motifs is 1. The fourth-order valence-electron chi connectivity index (χ4n) is 2.79. The van der Waals surface area contributed by atoms with Crippen molar-refractivity contribution in [2.75, 3.05) is 37.7 Å². The number of rotatable bonds is 9. The molecule has 150 valence electrons. The number of nitrogens with zero attached hydrogens (tertiary/aromatic N) is 2. The van der Waals surface area contributed by atoms with Crippen molar-refractivity contribution in [3.05, 3.63) is 60.3 Å². The minimum Gasteiger partial charge on any atom is -0.497 e. The van der Waals surface area contributed by atoms with Crippen LogP contribution >= 0.6 is 0 Å². The van der Waals surface area contributed by atoms with Crippen molar-refractivity contribution >= 4 is 11.8 Å². The Labute approximate surface area is 168 Å². The van der Waals surface area contributed by atoms with E-state index in [9.17, 15) is 0 Å². The second kappa shape index (κ2) is 9.01.